The first kappa shape index (κ1) is 11.7. The van der Waals surface area contributed by atoms with Crippen LogP contribution in [0.25, 0.3) is 0 Å². The van der Waals surface area contributed by atoms with E-state index in [9.17, 15) is 8.42 Å². The Kier molecular flexibility index (Phi) is 3.32. The predicted molar refractivity (Wildman–Crippen MR) is 56.5 cm³/mol. The van der Waals surface area contributed by atoms with Crippen molar-refractivity contribution < 1.29 is 8.42 Å². The van der Waals surface area contributed by atoms with Gasteiger partial charge in [-0.2, -0.15) is 5.26 Å². The van der Waals surface area contributed by atoms with Crippen molar-refractivity contribution in [1.29, 1.82) is 5.26 Å². The molecule has 0 N–H and O–H groups in total. The van der Waals surface area contributed by atoms with Gasteiger partial charge in [0.1, 0.15) is 11.0 Å². The summed E-state index contributed by atoms with van der Waals surface area (Å²) in [5.41, 5.74) is -0.143. The lowest BCUT2D eigenvalue weighted by atomic mass is 10.2. The van der Waals surface area contributed by atoms with E-state index in [2.05, 4.69) is 12.6 Å². The van der Waals surface area contributed by atoms with Gasteiger partial charge >= 0.3 is 0 Å². The second-order valence-electron chi connectivity index (χ2n) is 2.32. The van der Waals surface area contributed by atoms with Crippen molar-refractivity contribution >= 4 is 44.0 Å². The third-order valence-electron chi connectivity index (χ3n) is 1.46. The fourth-order valence-corrected chi connectivity index (χ4v) is 2.34. The minimum atomic E-state index is -3.94. The van der Waals surface area contributed by atoms with Crippen LogP contribution in [0.3, 0.4) is 0 Å². The molecule has 0 amide bonds. The molecule has 0 aliphatic heterocycles. The summed E-state index contributed by atoms with van der Waals surface area (Å²) in [6.45, 7) is 0. The third-order valence-corrected chi connectivity index (χ3v) is 3.74. The van der Waals surface area contributed by atoms with Gasteiger partial charge < -0.3 is 0 Å². The SMILES string of the molecule is N#Cc1c(S(=O)(=O)Cl)ccc(Cl)c1S. The lowest BCUT2D eigenvalue weighted by molar-refractivity contribution is 0.609. The molecule has 1 aromatic rings. The van der Waals surface area contributed by atoms with E-state index in [-0.39, 0.29) is 20.4 Å². The molecular formula is C7H3Cl2NO2S2. The summed E-state index contributed by atoms with van der Waals surface area (Å²) in [4.78, 5) is -0.174. The molecule has 0 saturated heterocycles. The van der Waals surface area contributed by atoms with Gasteiger partial charge in [0.2, 0.25) is 0 Å². The molecule has 1 aromatic carbocycles. The maximum Gasteiger partial charge on any atom is 0.262 e. The van der Waals surface area contributed by atoms with Gasteiger partial charge in [-0.3, -0.25) is 0 Å². The van der Waals surface area contributed by atoms with E-state index < -0.39 is 9.05 Å². The lowest BCUT2D eigenvalue weighted by Crippen LogP contribution is -1.96. The largest absolute Gasteiger partial charge is 0.262 e. The van der Waals surface area contributed by atoms with Crippen molar-refractivity contribution in [3.8, 4) is 6.07 Å². The van der Waals surface area contributed by atoms with Crippen molar-refractivity contribution in [3.05, 3.63) is 22.7 Å². The Hall–Kier alpha value is -0.410. The Morgan fingerprint density at radius 3 is 2.43 bits per heavy atom. The summed E-state index contributed by atoms with van der Waals surface area (Å²) in [7, 11) is 1.17. The van der Waals surface area contributed by atoms with E-state index in [4.69, 9.17) is 27.5 Å². The quantitative estimate of drug-likeness (QED) is 0.628. The molecule has 0 fully saturated rings. The number of hydrogen-bond acceptors (Lipinski definition) is 4. The standard InChI is InChI=1S/C7H3Cl2NO2S2/c8-5-1-2-6(14(9,11)12)4(3-10)7(5)13/h1-2,13H. The van der Waals surface area contributed by atoms with Crippen LogP contribution in [0.1, 0.15) is 5.56 Å². The predicted octanol–water partition coefficient (Wildman–Crippen LogP) is 2.43. The van der Waals surface area contributed by atoms with Gasteiger partial charge in [-0.25, -0.2) is 8.42 Å². The van der Waals surface area contributed by atoms with E-state index in [1.807, 2.05) is 0 Å². The van der Waals surface area contributed by atoms with Gasteiger partial charge in [-0.15, -0.1) is 12.6 Å². The van der Waals surface area contributed by atoms with E-state index in [1.165, 1.54) is 12.1 Å². The maximum absolute atomic E-state index is 11.0. The molecule has 7 heteroatoms. The highest BCUT2D eigenvalue weighted by Gasteiger charge is 2.18. The molecule has 0 saturated carbocycles. The van der Waals surface area contributed by atoms with Crippen molar-refractivity contribution in [2.45, 2.75) is 9.79 Å². The lowest BCUT2D eigenvalue weighted by Gasteiger charge is -2.03. The van der Waals surface area contributed by atoms with Gasteiger partial charge in [0.15, 0.2) is 0 Å². The minimum absolute atomic E-state index is 0.107. The number of rotatable bonds is 1. The van der Waals surface area contributed by atoms with Crippen LogP contribution in [0.4, 0.5) is 0 Å². The average molecular weight is 268 g/mol. The minimum Gasteiger partial charge on any atom is -0.207 e. The van der Waals surface area contributed by atoms with Crippen molar-refractivity contribution in [2.75, 3.05) is 0 Å². The number of nitrogens with zero attached hydrogens (tertiary/aromatic N) is 1. The molecule has 0 aliphatic carbocycles. The van der Waals surface area contributed by atoms with E-state index in [0.29, 0.717) is 0 Å². The molecule has 0 spiro atoms. The molecule has 0 heterocycles. The van der Waals surface area contributed by atoms with E-state index >= 15 is 0 Å². The van der Waals surface area contributed by atoms with Crippen LogP contribution in [0.2, 0.25) is 5.02 Å². The zero-order chi connectivity index (χ0) is 10.9. The van der Waals surface area contributed by atoms with Gasteiger partial charge in [0.25, 0.3) is 9.05 Å². The van der Waals surface area contributed by atoms with Crippen molar-refractivity contribution in [3.63, 3.8) is 0 Å². The Bertz CT molecular complexity index is 519. The summed E-state index contributed by atoms with van der Waals surface area (Å²) in [5.74, 6) is 0. The molecule has 0 aromatic heterocycles. The highest BCUT2D eigenvalue weighted by molar-refractivity contribution is 8.13. The molecule has 14 heavy (non-hydrogen) atoms. The monoisotopic (exact) mass is 267 g/mol. The summed E-state index contributed by atoms with van der Waals surface area (Å²) < 4.78 is 22.0. The fourth-order valence-electron chi connectivity index (χ4n) is 0.858. The summed E-state index contributed by atoms with van der Waals surface area (Å²) in [6.07, 6.45) is 0. The number of hydrogen-bond donors (Lipinski definition) is 1. The van der Waals surface area contributed by atoms with Gasteiger partial charge in [-0.1, -0.05) is 11.6 Å². The fraction of sp³-hybridized carbons (Fsp3) is 0. The molecule has 3 nitrogen and oxygen atoms in total. The molecular weight excluding hydrogens is 265 g/mol. The first-order valence-corrected chi connectivity index (χ1v) is 6.37. The first-order chi connectivity index (χ1) is 6.38. The van der Waals surface area contributed by atoms with Crippen LogP contribution in [0.15, 0.2) is 21.9 Å². The molecule has 1 rings (SSSR count). The molecule has 0 bridgehead atoms. The summed E-state index contributed by atoms with van der Waals surface area (Å²) >= 11 is 9.56. The highest BCUT2D eigenvalue weighted by atomic mass is 35.7. The van der Waals surface area contributed by atoms with Crippen LogP contribution in [0.5, 0.6) is 0 Å². The molecule has 0 atom stereocenters. The topological polar surface area (TPSA) is 57.9 Å². The van der Waals surface area contributed by atoms with Crippen molar-refractivity contribution in [1.82, 2.24) is 0 Å². The number of benzene rings is 1. The molecule has 74 valence electrons. The van der Waals surface area contributed by atoms with Crippen LogP contribution < -0.4 is 0 Å². The molecule has 0 unspecified atom stereocenters. The number of halogens is 2. The molecule has 0 aliphatic rings. The van der Waals surface area contributed by atoms with Crippen molar-refractivity contribution in [2.24, 2.45) is 0 Å². The van der Waals surface area contributed by atoms with Gasteiger partial charge in [0.05, 0.1) is 10.6 Å². The number of thiol groups is 1. The second-order valence-corrected chi connectivity index (χ2v) is 5.71. The Labute approximate surface area is 96.1 Å². The zero-order valence-electron chi connectivity index (χ0n) is 6.53. The smallest absolute Gasteiger partial charge is 0.207 e. The Morgan fingerprint density at radius 1 is 1.43 bits per heavy atom. The summed E-state index contributed by atoms with van der Waals surface area (Å²) in [5, 5.41) is 8.91. The van der Waals surface area contributed by atoms with E-state index in [1.54, 1.807) is 6.07 Å². The normalized spacial score (nSPS) is 11.0. The average Bonchev–Trinajstić information content (AvgIpc) is 2.07. The van der Waals surface area contributed by atoms with Gasteiger partial charge in [-0.05, 0) is 12.1 Å². The second kappa shape index (κ2) is 3.99. The van der Waals surface area contributed by atoms with Crippen LogP contribution >= 0.6 is 34.9 Å². The van der Waals surface area contributed by atoms with Crippen LogP contribution in [-0.2, 0) is 9.05 Å². The van der Waals surface area contributed by atoms with Crippen LogP contribution in [-0.4, -0.2) is 8.42 Å². The molecule has 0 radical (unpaired) electrons. The first-order valence-electron chi connectivity index (χ1n) is 3.24. The zero-order valence-corrected chi connectivity index (χ0v) is 9.75. The number of nitriles is 1. The van der Waals surface area contributed by atoms with E-state index in [0.717, 1.165) is 0 Å². The Morgan fingerprint density at radius 2 is 2.00 bits per heavy atom. The summed E-state index contributed by atoms with van der Waals surface area (Å²) in [6, 6.07) is 4.18. The Balaban J connectivity index is 3.66. The van der Waals surface area contributed by atoms with Gasteiger partial charge in [0, 0.05) is 15.6 Å². The van der Waals surface area contributed by atoms with Crippen LogP contribution in [0, 0.1) is 11.3 Å². The highest BCUT2D eigenvalue weighted by Crippen LogP contribution is 2.30. The maximum atomic E-state index is 11.0. The third kappa shape index (κ3) is 2.15.